The lowest BCUT2D eigenvalue weighted by Gasteiger charge is -2.46. The van der Waals surface area contributed by atoms with Crippen LogP contribution in [0, 0.1) is 0 Å². The third-order valence-electron chi connectivity index (χ3n) is 4.57. The monoisotopic (exact) mass is 315 g/mol. The van der Waals surface area contributed by atoms with Gasteiger partial charge in [0.1, 0.15) is 6.10 Å². The van der Waals surface area contributed by atoms with Gasteiger partial charge in [-0.2, -0.15) is 5.10 Å². The first-order valence-corrected chi connectivity index (χ1v) is 8.03. The Balaban J connectivity index is 2.35. The van der Waals surface area contributed by atoms with E-state index < -0.39 is 6.10 Å². The molecule has 0 aromatic carbocycles. The van der Waals surface area contributed by atoms with Crippen LogP contribution in [-0.2, 0) is 4.74 Å². The summed E-state index contributed by atoms with van der Waals surface area (Å²) >= 11 is 6.30. The largest absolute Gasteiger partial charge is 0.385 e. The van der Waals surface area contributed by atoms with Gasteiger partial charge in [0.05, 0.1) is 30.1 Å². The normalized spacial score (nSPS) is 21.5. The molecule has 1 fully saturated rings. The molecule has 2 heterocycles. The van der Waals surface area contributed by atoms with Crippen molar-refractivity contribution in [2.75, 3.05) is 26.3 Å². The van der Waals surface area contributed by atoms with Crippen LogP contribution in [0.2, 0.25) is 5.02 Å². The number of aromatic nitrogens is 2. The highest BCUT2D eigenvalue weighted by Crippen LogP contribution is 2.38. The van der Waals surface area contributed by atoms with Crippen LogP contribution in [-0.4, -0.2) is 51.6 Å². The Morgan fingerprint density at radius 1 is 1.43 bits per heavy atom. The van der Waals surface area contributed by atoms with Gasteiger partial charge >= 0.3 is 0 Å². The minimum absolute atomic E-state index is 0.160. The van der Waals surface area contributed by atoms with Gasteiger partial charge in [0.2, 0.25) is 0 Å². The standard InChI is InChI=1S/C15H26ClN3O2/c1-5-15(4,18-6-8-21-9-7-18)14(20)13-12(16)10-17-19(13)11(2)3/h10-11,14,20H,5-9H2,1-4H3. The first-order chi connectivity index (χ1) is 9.91. The van der Waals surface area contributed by atoms with Gasteiger partial charge in [-0.3, -0.25) is 9.58 Å². The number of ether oxygens (including phenoxy) is 1. The number of nitrogens with zero attached hydrogens (tertiary/aromatic N) is 3. The SMILES string of the molecule is CCC(C)(C(O)c1c(Cl)cnn1C(C)C)N1CCOCC1. The molecule has 1 saturated heterocycles. The molecule has 1 aromatic heterocycles. The highest BCUT2D eigenvalue weighted by Gasteiger charge is 2.41. The molecule has 0 bridgehead atoms. The minimum Gasteiger partial charge on any atom is -0.385 e. The summed E-state index contributed by atoms with van der Waals surface area (Å²) in [4.78, 5) is 2.30. The summed E-state index contributed by atoms with van der Waals surface area (Å²) in [5, 5.41) is 15.9. The lowest BCUT2D eigenvalue weighted by atomic mass is 9.87. The third-order valence-corrected chi connectivity index (χ3v) is 4.86. The maximum atomic E-state index is 11.1. The molecule has 1 aliphatic rings. The molecule has 2 atom stereocenters. The van der Waals surface area contributed by atoms with Gasteiger partial charge in [-0.15, -0.1) is 0 Å². The van der Waals surface area contributed by atoms with Crippen molar-refractivity contribution in [3.8, 4) is 0 Å². The topological polar surface area (TPSA) is 50.5 Å². The molecule has 0 radical (unpaired) electrons. The summed E-state index contributed by atoms with van der Waals surface area (Å²) in [5.41, 5.74) is 0.336. The average Bonchev–Trinajstić information content (AvgIpc) is 2.88. The van der Waals surface area contributed by atoms with Crippen molar-refractivity contribution in [3.63, 3.8) is 0 Å². The van der Waals surface area contributed by atoms with E-state index in [1.54, 1.807) is 6.20 Å². The van der Waals surface area contributed by atoms with Crippen LogP contribution in [0.3, 0.4) is 0 Å². The van der Waals surface area contributed by atoms with E-state index in [9.17, 15) is 5.11 Å². The van der Waals surface area contributed by atoms with Crippen LogP contribution >= 0.6 is 11.6 Å². The molecule has 1 N–H and O–H groups in total. The van der Waals surface area contributed by atoms with E-state index in [-0.39, 0.29) is 11.6 Å². The molecule has 6 heteroatoms. The van der Waals surface area contributed by atoms with Crippen LogP contribution in [0.5, 0.6) is 0 Å². The van der Waals surface area contributed by atoms with Gasteiger partial charge in [-0.25, -0.2) is 0 Å². The van der Waals surface area contributed by atoms with Crippen molar-refractivity contribution in [2.45, 2.75) is 51.8 Å². The Labute approximate surface area is 131 Å². The average molecular weight is 316 g/mol. The zero-order valence-electron chi connectivity index (χ0n) is 13.3. The van der Waals surface area contributed by atoms with E-state index in [2.05, 4.69) is 23.8 Å². The Morgan fingerprint density at radius 3 is 2.57 bits per heavy atom. The van der Waals surface area contributed by atoms with Gasteiger partial charge in [0.25, 0.3) is 0 Å². The number of rotatable bonds is 5. The number of hydrogen-bond donors (Lipinski definition) is 1. The van der Waals surface area contributed by atoms with Gasteiger partial charge in [0, 0.05) is 24.7 Å². The summed E-state index contributed by atoms with van der Waals surface area (Å²) in [6.45, 7) is 11.3. The fourth-order valence-electron chi connectivity index (χ4n) is 2.98. The first-order valence-electron chi connectivity index (χ1n) is 7.65. The number of hydrogen-bond acceptors (Lipinski definition) is 4. The summed E-state index contributed by atoms with van der Waals surface area (Å²) < 4.78 is 7.25. The van der Waals surface area contributed by atoms with Crippen LogP contribution in [0.4, 0.5) is 0 Å². The van der Waals surface area contributed by atoms with E-state index in [1.807, 2.05) is 18.5 Å². The van der Waals surface area contributed by atoms with Crippen LogP contribution in [0.25, 0.3) is 0 Å². The summed E-state index contributed by atoms with van der Waals surface area (Å²) in [5.74, 6) is 0. The fourth-order valence-corrected chi connectivity index (χ4v) is 3.21. The maximum Gasteiger partial charge on any atom is 0.115 e. The maximum absolute atomic E-state index is 11.1. The van der Waals surface area contributed by atoms with E-state index in [0.29, 0.717) is 23.9 Å². The van der Waals surface area contributed by atoms with Gasteiger partial charge in [-0.05, 0) is 27.2 Å². The van der Waals surface area contributed by atoms with Crippen molar-refractivity contribution in [3.05, 3.63) is 16.9 Å². The quantitative estimate of drug-likeness (QED) is 0.907. The van der Waals surface area contributed by atoms with E-state index in [1.165, 1.54) is 0 Å². The van der Waals surface area contributed by atoms with Crippen LogP contribution < -0.4 is 0 Å². The zero-order valence-corrected chi connectivity index (χ0v) is 14.1. The smallest absolute Gasteiger partial charge is 0.115 e. The highest BCUT2D eigenvalue weighted by atomic mass is 35.5. The molecule has 2 unspecified atom stereocenters. The van der Waals surface area contributed by atoms with Gasteiger partial charge in [0.15, 0.2) is 0 Å². The predicted octanol–water partition coefficient (Wildman–Crippen LogP) is 2.65. The first kappa shape index (κ1) is 16.7. The molecule has 0 spiro atoms. The Morgan fingerprint density at radius 2 is 2.05 bits per heavy atom. The van der Waals surface area contributed by atoms with Crippen molar-refractivity contribution in [1.82, 2.24) is 14.7 Å². The van der Waals surface area contributed by atoms with E-state index in [4.69, 9.17) is 16.3 Å². The number of aliphatic hydroxyl groups is 1. The van der Waals surface area contributed by atoms with Gasteiger partial charge < -0.3 is 9.84 Å². The molecule has 120 valence electrons. The number of halogens is 1. The molecular weight excluding hydrogens is 290 g/mol. The fraction of sp³-hybridized carbons (Fsp3) is 0.800. The minimum atomic E-state index is -0.682. The second-order valence-electron chi connectivity index (χ2n) is 6.13. The van der Waals surface area contributed by atoms with Crippen molar-refractivity contribution in [2.24, 2.45) is 0 Å². The van der Waals surface area contributed by atoms with Crippen LogP contribution in [0.15, 0.2) is 6.20 Å². The lowest BCUT2D eigenvalue weighted by molar-refractivity contribution is -0.0760. The van der Waals surface area contributed by atoms with Crippen molar-refractivity contribution >= 4 is 11.6 Å². The summed E-state index contributed by atoms with van der Waals surface area (Å²) in [6, 6.07) is 0.160. The molecule has 0 aliphatic carbocycles. The highest BCUT2D eigenvalue weighted by molar-refractivity contribution is 6.31. The molecule has 0 amide bonds. The van der Waals surface area contributed by atoms with E-state index in [0.717, 1.165) is 19.5 Å². The molecule has 1 aliphatic heterocycles. The zero-order chi connectivity index (χ0) is 15.6. The molecule has 1 aromatic rings. The summed E-state index contributed by atoms with van der Waals surface area (Å²) in [7, 11) is 0. The Bertz CT molecular complexity index is 471. The number of aliphatic hydroxyl groups excluding tert-OH is 1. The Hall–Kier alpha value is -0.620. The summed E-state index contributed by atoms with van der Waals surface area (Å²) in [6.07, 6.45) is 1.77. The van der Waals surface area contributed by atoms with Crippen LogP contribution in [0.1, 0.15) is 52.0 Å². The lowest BCUT2D eigenvalue weighted by Crippen LogP contribution is -2.55. The number of morpholine rings is 1. The second kappa shape index (κ2) is 6.65. The molecule has 2 rings (SSSR count). The molecule has 21 heavy (non-hydrogen) atoms. The van der Waals surface area contributed by atoms with Crippen molar-refractivity contribution in [1.29, 1.82) is 0 Å². The third kappa shape index (κ3) is 3.11. The van der Waals surface area contributed by atoms with Crippen molar-refractivity contribution < 1.29 is 9.84 Å². The van der Waals surface area contributed by atoms with E-state index >= 15 is 0 Å². The van der Waals surface area contributed by atoms with Gasteiger partial charge in [-0.1, -0.05) is 18.5 Å². The molecular formula is C15H26ClN3O2. The molecule has 0 saturated carbocycles. The predicted molar refractivity (Wildman–Crippen MR) is 83.7 cm³/mol. The molecule has 5 nitrogen and oxygen atoms in total. The Kier molecular flexibility index (Phi) is 5.30. The second-order valence-corrected chi connectivity index (χ2v) is 6.54.